The normalized spacial score (nSPS) is 18.8. The molecule has 0 aliphatic carbocycles. The molecule has 8 aromatic carbocycles. The van der Waals surface area contributed by atoms with E-state index in [-0.39, 0.29) is 30.6 Å². The summed E-state index contributed by atoms with van der Waals surface area (Å²) in [6.07, 6.45) is 2.70. The van der Waals surface area contributed by atoms with Crippen LogP contribution < -0.4 is 32.3 Å². The van der Waals surface area contributed by atoms with Crippen molar-refractivity contribution < 1.29 is 72.8 Å². The summed E-state index contributed by atoms with van der Waals surface area (Å²) < 4.78 is 21.5. The molecule has 8 heterocycles. The molecule has 0 spiro atoms. The fourth-order valence-corrected chi connectivity index (χ4v) is 14.0. The molecule has 10 N–H and O–H groups in total. The number of nitrogens with one attached hydrogen (secondary N) is 5. The highest BCUT2D eigenvalue weighted by Gasteiger charge is 2.37. The molecular formula is C96H102N12O15. The predicted molar refractivity (Wildman–Crippen MR) is 463 cm³/mol. The van der Waals surface area contributed by atoms with Crippen LogP contribution in [0.4, 0.5) is 22.7 Å². The molecule has 123 heavy (non-hydrogen) atoms. The van der Waals surface area contributed by atoms with E-state index in [4.69, 9.17) is 29.8 Å². The number of carbonyl (C=O) groups excluding carboxylic acids is 7. The van der Waals surface area contributed by atoms with Crippen molar-refractivity contribution in [3.05, 3.63) is 261 Å². The van der Waals surface area contributed by atoms with Crippen molar-refractivity contribution in [2.75, 3.05) is 127 Å². The summed E-state index contributed by atoms with van der Waals surface area (Å²) in [4.78, 5) is 101. The largest absolute Gasteiger partial charge is 0.480 e. The van der Waals surface area contributed by atoms with E-state index in [0.29, 0.717) is 65.7 Å². The SMILES string of the molecule is Nc1ccc(C#Cc2ccc(CN3CCOCC3)cc2)cc1.O=C(Nc1ccc(C#Cc2ccc(CN3CCOCC3)cc2)cc1)C1CCC(=O)N1O.O=C(Nc1ccc(C#Cc2ccc(CN3CCOCC3)cc2)cc1)C1CCC(=O)N1O.O=C1CCC(C(=O)Nc2ccc(C#Cc3ccc(CN4CCOCC4)cc3)cc2)N1.O=C1CCC(C(=O)O)N1. The smallest absolute Gasteiger partial charge is 0.326 e. The summed E-state index contributed by atoms with van der Waals surface area (Å²) >= 11 is 0. The molecule has 4 atom stereocenters. The van der Waals surface area contributed by atoms with E-state index in [1.807, 2.05) is 109 Å². The van der Waals surface area contributed by atoms with E-state index in [0.717, 1.165) is 182 Å². The lowest BCUT2D eigenvalue weighted by Crippen LogP contribution is -2.39. The van der Waals surface area contributed by atoms with E-state index >= 15 is 0 Å². The van der Waals surface area contributed by atoms with Gasteiger partial charge in [-0.3, -0.25) is 63.6 Å². The third-order valence-corrected chi connectivity index (χ3v) is 21.2. The van der Waals surface area contributed by atoms with Crippen molar-refractivity contribution in [2.24, 2.45) is 0 Å². The number of hydrogen-bond acceptors (Lipinski definition) is 19. The van der Waals surface area contributed by atoms with Gasteiger partial charge < -0.3 is 56.4 Å². The molecule has 7 amide bonds. The van der Waals surface area contributed by atoms with E-state index in [1.54, 1.807) is 24.3 Å². The molecule has 0 aromatic heterocycles. The van der Waals surface area contributed by atoms with Crippen LogP contribution >= 0.6 is 0 Å². The van der Waals surface area contributed by atoms with Gasteiger partial charge in [0.05, 0.1) is 52.9 Å². The third-order valence-electron chi connectivity index (χ3n) is 21.2. The van der Waals surface area contributed by atoms with Gasteiger partial charge in [-0.05, 0) is 194 Å². The van der Waals surface area contributed by atoms with Crippen LogP contribution in [0.3, 0.4) is 0 Å². The first-order chi connectivity index (χ1) is 59.8. The number of aliphatic carboxylic acids is 1. The van der Waals surface area contributed by atoms with Gasteiger partial charge in [0.25, 0.3) is 0 Å². The highest BCUT2D eigenvalue weighted by atomic mass is 16.5. The van der Waals surface area contributed by atoms with Crippen molar-refractivity contribution in [1.29, 1.82) is 0 Å². The van der Waals surface area contributed by atoms with Gasteiger partial charge in [-0.25, -0.2) is 14.9 Å². The summed E-state index contributed by atoms with van der Waals surface area (Å²) in [5.74, 6) is 22.2. The maximum absolute atomic E-state index is 12.2. The fourth-order valence-electron chi connectivity index (χ4n) is 14.0. The van der Waals surface area contributed by atoms with E-state index < -0.39 is 53.8 Å². The Morgan fingerprint density at radius 3 is 0.789 bits per heavy atom. The second kappa shape index (κ2) is 46.3. The number of benzene rings is 8. The van der Waals surface area contributed by atoms with E-state index in [9.17, 15) is 48.8 Å². The number of nitrogens with zero attached hydrogens (tertiary/aromatic N) is 6. The lowest BCUT2D eigenvalue weighted by Gasteiger charge is -2.26. The molecule has 8 fully saturated rings. The first-order valence-electron chi connectivity index (χ1n) is 41.4. The molecule has 0 radical (unpaired) electrons. The third kappa shape index (κ3) is 29.2. The number of nitrogens with two attached hydrogens (primary N) is 1. The Hall–Kier alpha value is -12.8. The number of amides is 7. The molecule has 636 valence electrons. The number of rotatable bonds is 15. The number of carbonyl (C=O) groups is 8. The van der Waals surface area contributed by atoms with Crippen molar-refractivity contribution in [3.8, 4) is 47.4 Å². The minimum atomic E-state index is -0.944. The zero-order valence-electron chi connectivity index (χ0n) is 68.6. The first-order valence-corrected chi connectivity index (χ1v) is 41.4. The topological polar surface area (TPSA) is 340 Å². The average molecular weight is 1660 g/mol. The first kappa shape index (κ1) is 89.4. The van der Waals surface area contributed by atoms with Crippen LogP contribution in [0.2, 0.25) is 0 Å². The van der Waals surface area contributed by atoms with Crippen LogP contribution in [-0.4, -0.2) is 222 Å². The fraction of sp³-hybridized carbons (Fsp3) is 0.333. The number of ether oxygens (including phenoxy) is 4. The number of carboxylic acids is 1. The molecule has 0 bridgehead atoms. The van der Waals surface area contributed by atoms with Gasteiger partial charge in [0.15, 0.2) is 0 Å². The summed E-state index contributed by atoms with van der Waals surface area (Å²) in [6.45, 7) is 18.1. The standard InChI is InChI=1S/2C24H25N3O4.C24H25N3O3.C19H20N2O.C5H7NO3/c2*28-23-12-11-22(27(23)30)24(29)25-21-9-7-19(8-10-21)2-1-18-3-5-20(6-4-18)17-26-13-15-31-16-14-26;28-23-12-11-22(26-23)24(29)25-21-9-7-19(8-10-21)2-1-18-3-5-20(6-4-18)17-27-13-15-30-16-14-27;20-19-9-7-17(8-10-19)2-1-16-3-5-18(6-4-16)15-21-11-13-22-14-12-21;7-4-2-1-3(6-4)5(8)9/h2*3-10,22,30H,11-17H2,(H,25,29);3-10,22H,11-17H2,(H,25,29)(H,26,28);3-10H,11-15,20H2;3H,1-2H2,(H,6,7)(H,8,9). The van der Waals surface area contributed by atoms with Gasteiger partial charge in [-0.15, -0.1) is 0 Å². The predicted octanol–water partition coefficient (Wildman–Crippen LogP) is 8.46. The monoisotopic (exact) mass is 1660 g/mol. The van der Waals surface area contributed by atoms with Crippen LogP contribution in [0.5, 0.6) is 0 Å². The molecular weight excluding hydrogens is 1560 g/mol. The molecule has 27 heteroatoms. The summed E-state index contributed by atoms with van der Waals surface area (Å²) in [5, 5.41) is 41.9. The van der Waals surface area contributed by atoms with Gasteiger partial charge in [-0.2, -0.15) is 0 Å². The van der Waals surface area contributed by atoms with Gasteiger partial charge in [0.1, 0.15) is 24.2 Å². The highest BCUT2D eigenvalue weighted by Crippen LogP contribution is 2.23. The number of nitrogen functional groups attached to an aromatic ring is 1. The molecule has 8 saturated heterocycles. The summed E-state index contributed by atoms with van der Waals surface area (Å²) in [6, 6.07) is 60.0. The van der Waals surface area contributed by atoms with Crippen LogP contribution in [-0.2, 0) is 83.5 Å². The molecule has 8 aliphatic heterocycles. The zero-order chi connectivity index (χ0) is 86.1. The number of carboxylic acid groups (broad SMARTS) is 1. The molecule has 27 nitrogen and oxygen atoms in total. The van der Waals surface area contributed by atoms with Crippen molar-refractivity contribution in [2.45, 2.75) is 102 Å². The minimum absolute atomic E-state index is 0.0742. The lowest BCUT2D eigenvalue weighted by molar-refractivity contribution is -0.168. The van der Waals surface area contributed by atoms with E-state index in [2.05, 4.69) is 154 Å². The van der Waals surface area contributed by atoms with Crippen molar-refractivity contribution in [1.82, 2.24) is 40.4 Å². The maximum atomic E-state index is 12.2. The van der Waals surface area contributed by atoms with Crippen LogP contribution in [0.15, 0.2) is 194 Å². The Morgan fingerprint density at radius 2 is 0.569 bits per heavy atom. The Kier molecular flexibility index (Phi) is 33.6. The van der Waals surface area contributed by atoms with Gasteiger partial charge >= 0.3 is 5.97 Å². The molecule has 8 aliphatic rings. The van der Waals surface area contributed by atoms with Crippen LogP contribution in [0.25, 0.3) is 0 Å². The molecule has 4 unspecified atom stereocenters. The second-order valence-electron chi connectivity index (χ2n) is 30.4. The molecule has 16 rings (SSSR count). The average Bonchev–Trinajstić information content (AvgIpc) is 1.57. The highest BCUT2D eigenvalue weighted by molar-refractivity contribution is 6.00. The van der Waals surface area contributed by atoms with Crippen molar-refractivity contribution >= 4 is 70.1 Å². The maximum Gasteiger partial charge on any atom is 0.326 e. The van der Waals surface area contributed by atoms with Gasteiger partial charge in [0, 0.05) is 171 Å². The van der Waals surface area contributed by atoms with Crippen molar-refractivity contribution in [3.63, 3.8) is 0 Å². The van der Waals surface area contributed by atoms with E-state index in [1.165, 1.54) is 22.3 Å². The Balaban J connectivity index is 0.000000145. The number of hydrogen-bond donors (Lipinski definition) is 9. The molecule has 8 aromatic rings. The van der Waals surface area contributed by atoms with Gasteiger partial charge in [0.2, 0.25) is 41.4 Å². The van der Waals surface area contributed by atoms with Crippen LogP contribution in [0, 0.1) is 47.4 Å². The summed E-state index contributed by atoms with van der Waals surface area (Å²) in [7, 11) is 0. The molecule has 0 saturated carbocycles. The number of anilines is 4. The Bertz CT molecular complexity index is 5000. The Morgan fingerprint density at radius 1 is 0.333 bits per heavy atom. The quantitative estimate of drug-likeness (QED) is 0.0264. The number of morpholine rings is 4. The van der Waals surface area contributed by atoms with Gasteiger partial charge in [-0.1, -0.05) is 95.9 Å². The minimum Gasteiger partial charge on any atom is -0.480 e. The summed E-state index contributed by atoms with van der Waals surface area (Å²) in [5.41, 5.74) is 20.8. The van der Waals surface area contributed by atoms with Crippen LogP contribution in [0.1, 0.15) is 118 Å². The number of hydroxylamine groups is 4. The second-order valence-corrected chi connectivity index (χ2v) is 30.4. The lowest BCUT2D eigenvalue weighted by atomic mass is 10.1. The Labute approximate surface area is 716 Å². The zero-order valence-corrected chi connectivity index (χ0v) is 68.6.